The summed E-state index contributed by atoms with van der Waals surface area (Å²) in [5, 5.41) is 10.7. The van der Waals surface area contributed by atoms with E-state index < -0.39 is 97.5 Å². The maximum absolute atomic E-state index is 13.1. The van der Waals surface area contributed by atoms with E-state index in [0.717, 1.165) is 102 Å². The van der Waals surface area contributed by atoms with Gasteiger partial charge in [0.15, 0.2) is 12.2 Å². The van der Waals surface area contributed by atoms with Crippen molar-refractivity contribution in [3.8, 4) is 0 Å². The predicted molar refractivity (Wildman–Crippen MR) is 418 cm³/mol. The lowest BCUT2D eigenvalue weighted by Gasteiger charge is -2.21. The van der Waals surface area contributed by atoms with E-state index in [0.29, 0.717) is 25.7 Å². The number of aliphatic hydroxyl groups excluding tert-OH is 1. The lowest BCUT2D eigenvalue weighted by atomic mass is 10.0. The minimum absolute atomic E-state index is 0.108. The molecule has 2 unspecified atom stereocenters. The standard InChI is InChI=1S/C83H162O17P2/c1-7-9-11-13-15-17-19-21-23-24-25-26-28-32-37-43-50-56-62-68-83(88)99-78(71-93-80(85)65-59-53-47-41-35-33-29-30-34-39-45-51-57-63-75(3)4)73-97-101(89,90)95-69-77(84)70-96-102(91,92)98-74-79(72-94-81(86)66-60-54-48-44-38-40-46-52-58-64-76(5)6)100-82(87)67-61-55-49-42-36-31-27-22-20-18-16-14-12-10-8-2/h75-79,84H,7-74H2,1-6H3,(H,89,90)(H,91,92)/t77-,78-,79-/m1/s1. The van der Waals surface area contributed by atoms with E-state index in [4.69, 9.17) is 37.0 Å². The molecular weight excluding hydrogens is 1330 g/mol. The van der Waals surface area contributed by atoms with Gasteiger partial charge in [0.25, 0.3) is 0 Å². The molecule has 0 saturated carbocycles. The van der Waals surface area contributed by atoms with E-state index >= 15 is 0 Å². The fourth-order valence-corrected chi connectivity index (χ4v) is 14.5. The van der Waals surface area contributed by atoms with Gasteiger partial charge in [0.2, 0.25) is 0 Å². The molecule has 19 heteroatoms. The van der Waals surface area contributed by atoms with Crippen LogP contribution < -0.4 is 0 Å². The number of aliphatic hydroxyl groups is 1. The van der Waals surface area contributed by atoms with Gasteiger partial charge in [0, 0.05) is 25.7 Å². The number of phosphoric acid groups is 2. The predicted octanol–water partition coefficient (Wildman–Crippen LogP) is 25.1. The molecule has 0 heterocycles. The Balaban J connectivity index is 5.26. The zero-order valence-electron chi connectivity index (χ0n) is 66.9. The molecule has 606 valence electrons. The molecule has 0 spiro atoms. The molecule has 17 nitrogen and oxygen atoms in total. The largest absolute Gasteiger partial charge is 0.472 e. The third-order valence-corrected chi connectivity index (χ3v) is 21.4. The molecule has 102 heavy (non-hydrogen) atoms. The second kappa shape index (κ2) is 74.5. The van der Waals surface area contributed by atoms with Gasteiger partial charge >= 0.3 is 39.5 Å². The topological polar surface area (TPSA) is 237 Å². The summed E-state index contributed by atoms with van der Waals surface area (Å²) in [5.41, 5.74) is 0. The van der Waals surface area contributed by atoms with Crippen molar-refractivity contribution in [1.82, 2.24) is 0 Å². The van der Waals surface area contributed by atoms with Crippen molar-refractivity contribution in [2.24, 2.45) is 11.8 Å². The van der Waals surface area contributed by atoms with Crippen LogP contribution in [0.15, 0.2) is 0 Å². The molecule has 3 N–H and O–H groups in total. The van der Waals surface area contributed by atoms with Crippen molar-refractivity contribution in [2.75, 3.05) is 39.6 Å². The van der Waals surface area contributed by atoms with Crippen molar-refractivity contribution in [1.29, 1.82) is 0 Å². The maximum atomic E-state index is 13.1. The monoisotopic (exact) mass is 1490 g/mol. The minimum Gasteiger partial charge on any atom is -0.462 e. The quantitative estimate of drug-likeness (QED) is 0.0222. The van der Waals surface area contributed by atoms with E-state index in [1.165, 1.54) is 257 Å². The summed E-state index contributed by atoms with van der Waals surface area (Å²) >= 11 is 0. The number of hydrogen-bond donors (Lipinski definition) is 3. The van der Waals surface area contributed by atoms with Crippen LogP contribution in [0.1, 0.15) is 440 Å². The molecule has 0 saturated heterocycles. The van der Waals surface area contributed by atoms with Gasteiger partial charge in [0.1, 0.15) is 19.3 Å². The zero-order valence-corrected chi connectivity index (χ0v) is 68.7. The number of unbranched alkanes of at least 4 members (excludes halogenated alkanes) is 52. The normalized spacial score (nSPS) is 13.9. The van der Waals surface area contributed by atoms with Crippen molar-refractivity contribution in [2.45, 2.75) is 458 Å². The summed E-state index contributed by atoms with van der Waals surface area (Å²) in [6, 6.07) is 0. The molecule has 0 amide bonds. The van der Waals surface area contributed by atoms with Crippen LogP contribution in [-0.4, -0.2) is 96.7 Å². The highest BCUT2D eigenvalue weighted by molar-refractivity contribution is 7.47. The molecular formula is C83H162O17P2. The molecule has 0 aliphatic rings. The smallest absolute Gasteiger partial charge is 0.462 e. The van der Waals surface area contributed by atoms with Gasteiger partial charge in [-0.1, -0.05) is 388 Å². The molecule has 0 radical (unpaired) electrons. The van der Waals surface area contributed by atoms with Crippen LogP contribution in [0.3, 0.4) is 0 Å². The van der Waals surface area contributed by atoms with E-state index in [-0.39, 0.29) is 25.7 Å². The Morgan fingerprint density at radius 2 is 0.451 bits per heavy atom. The number of rotatable bonds is 82. The van der Waals surface area contributed by atoms with Gasteiger partial charge in [-0.25, -0.2) is 9.13 Å². The van der Waals surface area contributed by atoms with Gasteiger partial charge in [-0.3, -0.25) is 37.3 Å². The lowest BCUT2D eigenvalue weighted by molar-refractivity contribution is -0.161. The van der Waals surface area contributed by atoms with E-state index in [2.05, 4.69) is 41.5 Å². The minimum atomic E-state index is -4.96. The summed E-state index contributed by atoms with van der Waals surface area (Å²) in [5.74, 6) is -0.569. The highest BCUT2D eigenvalue weighted by Gasteiger charge is 2.30. The molecule has 0 bridgehead atoms. The van der Waals surface area contributed by atoms with Crippen LogP contribution in [-0.2, 0) is 65.4 Å². The third-order valence-electron chi connectivity index (χ3n) is 19.5. The summed E-state index contributed by atoms with van der Waals surface area (Å²) in [4.78, 5) is 73.1. The first-order valence-electron chi connectivity index (χ1n) is 43.0. The number of ether oxygens (including phenoxy) is 4. The van der Waals surface area contributed by atoms with E-state index in [9.17, 15) is 43.2 Å². The zero-order chi connectivity index (χ0) is 74.9. The van der Waals surface area contributed by atoms with Gasteiger partial charge in [-0.15, -0.1) is 0 Å². The van der Waals surface area contributed by atoms with Crippen molar-refractivity contribution in [3.05, 3.63) is 0 Å². The highest BCUT2D eigenvalue weighted by atomic mass is 31.2. The second-order valence-electron chi connectivity index (χ2n) is 30.8. The van der Waals surface area contributed by atoms with E-state index in [1.807, 2.05) is 0 Å². The number of carbonyl (C=O) groups excluding carboxylic acids is 4. The second-order valence-corrected chi connectivity index (χ2v) is 33.7. The van der Waals surface area contributed by atoms with Crippen molar-refractivity contribution in [3.63, 3.8) is 0 Å². The highest BCUT2D eigenvalue weighted by Crippen LogP contribution is 2.45. The Labute approximate surface area is 626 Å². The SMILES string of the molecule is CCCCCCCCCCCCCCCCCCCCCC(=O)O[C@H](COC(=O)CCCCCCCCCCCCCCCC(C)C)COP(=O)(O)OC[C@@H](O)COP(=O)(O)OC[C@@H](COC(=O)CCCCCCCCCCCC(C)C)OC(=O)CCCCCCCCCCCCCCCCC. The summed E-state index contributed by atoms with van der Waals surface area (Å²) in [7, 11) is -9.92. The van der Waals surface area contributed by atoms with Gasteiger partial charge in [0.05, 0.1) is 26.4 Å². The fourth-order valence-electron chi connectivity index (χ4n) is 12.9. The first kappa shape index (κ1) is 100. The number of carbonyl (C=O) groups is 4. The Morgan fingerprint density at radius 1 is 0.265 bits per heavy atom. The van der Waals surface area contributed by atoms with Gasteiger partial charge in [-0.2, -0.15) is 0 Å². The van der Waals surface area contributed by atoms with Crippen LogP contribution in [0.5, 0.6) is 0 Å². The molecule has 0 aliphatic carbocycles. The molecule has 0 aromatic heterocycles. The Bertz CT molecular complexity index is 1960. The summed E-state index contributed by atoms with van der Waals surface area (Å²) in [6.07, 6.45) is 65.1. The first-order valence-corrected chi connectivity index (χ1v) is 46.0. The fraction of sp³-hybridized carbons (Fsp3) is 0.952. The van der Waals surface area contributed by atoms with Gasteiger partial charge < -0.3 is 33.8 Å². The van der Waals surface area contributed by atoms with E-state index in [1.54, 1.807) is 0 Å². The average Bonchev–Trinajstić information content (AvgIpc) is 0.915. The average molecular weight is 1490 g/mol. The Hall–Kier alpha value is -1.94. The third kappa shape index (κ3) is 76.3. The summed E-state index contributed by atoms with van der Waals surface area (Å²) in [6.45, 7) is 9.66. The number of hydrogen-bond acceptors (Lipinski definition) is 15. The molecule has 0 aromatic carbocycles. The van der Waals surface area contributed by atoms with Crippen molar-refractivity contribution < 1.29 is 80.2 Å². The lowest BCUT2D eigenvalue weighted by Crippen LogP contribution is -2.30. The first-order chi connectivity index (χ1) is 49.4. The molecule has 5 atom stereocenters. The molecule has 0 aromatic rings. The van der Waals surface area contributed by atoms with Gasteiger partial charge in [-0.05, 0) is 37.5 Å². The van der Waals surface area contributed by atoms with Crippen LogP contribution >= 0.6 is 15.6 Å². The summed E-state index contributed by atoms with van der Waals surface area (Å²) < 4.78 is 68.8. The number of esters is 4. The number of phosphoric ester groups is 2. The van der Waals surface area contributed by atoms with Crippen LogP contribution in [0, 0.1) is 11.8 Å². The molecule has 0 fully saturated rings. The van der Waals surface area contributed by atoms with Crippen molar-refractivity contribution >= 4 is 39.5 Å². The molecule has 0 rings (SSSR count). The Morgan fingerprint density at radius 3 is 0.667 bits per heavy atom. The van der Waals surface area contributed by atoms with Crippen LogP contribution in [0.25, 0.3) is 0 Å². The van der Waals surface area contributed by atoms with Crippen LogP contribution in [0.2, 0.25) is 0 Å². The Kier molecular flexibility index (Phi) is 73.1. The molecule has 0 aliphatic heterocycles. The van der Waals surface area contributed by atoms with Crippen LogP contribution in [0.4, 0.5) is 0 Å². The maximum Gasteiger partial charge on any atom is 0.472 e.